The van der Waals surface area contributed by atoms with Crippen LogP contribution in [0, 0.1) is 11.8 Å². The van der Waals surface area contributed by atoms with Gasteiger partial charge in [-0.3, -0.25) is 9.59 Å². The Hall–Kier alpha value is -2.71. The molecule has 2 saturated heterocycles. The van der Waals surface area contributed by atoms with Gasteiger partial charge in [-0.1, -0.05) is 17.7 Å². The first-order valence-corrected chi connectivity index (χ1v) is 11.9. The maximum atomic E-state index is 12.8. The van der Waals surface area contributed by atoms with E-state index in [0.29, 0.717) is 41.1 Å². The van der Waals surface area contributed by atoms with E-state index in [0.717, 1.165) is 51.3 Å². The van der Waals surface area contributed by atoms with Crippen molar-refractivity contribution in [2.75, 3.05) is 43.5 Å². The van der Waals surface area contributed by atoms with Crippen molar-refractivity contribution in [3.8, 4) is 11.3 Å². The van der Waals surface area contributed by atoms with E-state index in [1.807, 2.05) is 18.2 Å². The molecule has 176 valence electrons. The molecule has 33 heavy (non-hydrogen) atoms. The number of carbonyl (C=O) groups is 2. The molecule has 1 atom stereocenters. The predicted octanol–water partition coefficient (Wildman–Crippen LogP) is 3.83. The van der Waals surface area contributed by atoms with E-state index in [1.165, 1.54) is 13.1 Å². The van der Waals surface area contributed by atoms with Crippen molar-refractivity contribution < 1.29 is 14.3 Å². The number of aromatic nitrogens is 2. The third-order valence-corrected chi connectivity index (χ3v) is 6.58. The normalized spacial score (nSPS) is 19.2. The summed E-state index contributed by atoms with van der Waals surface area (Å²) >= 11 is 6.43. The van der Waals surface area contributed by atoms with Crippen molar-refractivity contribution >= 4 is 35.1 Å². The molecule has 2 N–H and O–H groups in total. The number of hydrogen-bond acceptors (Lipinski definition) is 6. The Labute approximate surface area is 199 Å². The van der Waals surface area contributed by atoms with Gasteiger partial charge < -0.3 is 20.3 Å². The number of likely N-dealkylation sites (tertiary alicyclic amines) is 1. The van der Waals surface area contributed by atoms with Crippen LogP contribution in [0.15, 0.2) is 30.5 Å². The van der Waals surface area contributed by atoms with E-state index in [1.54, 1.807) is 11.0 Å². The minimum Gasteiger partial charge on any atom is -0.381 e. The van der Waals surface area contributed by atoms with Crippen molar-refractivity contribution in [2.24, 2.45) is 11.8 Å². The van der Waals surface area contributed by atoms with Crippen LogP contribution < -0.4 is 10.6 Å². The fraction of sp³-hybridized carbons (Fsp3) is 0.500. The summed E-state index contributed by atoms with van der Waals surface area (Å²) in [7, 11) is 0. The predicted molar refractivity (Wildman–Crippen MR) is 128 cm³/mol. The second-order valence-corrected chi connectivity index (χ2v) is 9.09. The molecule has 0 aromatic carbocycles. The summed E-state index contributed by atoms with van der Waals surface area (Å²) in [4.78, 5) is 35.2. The highest BCUT2D eigenvalue weighted by Gasteiger charge is 2.27. The van der Waals surface area contributed by atoms with Gasteiger partial charge in [0, 0.05) is 51.5 Å². The van der Waals surface area contributed by atoms with Crippen molar-refractivity contribution in [3.05, 3.63) is 35.5 Å². The summed E-state index contributed by atoms with van der Waals surface area (Å²) in [5.74, 6) is 1.39. The third-order valence-electron chi connectivity index (χ3n) is 6.28. The maximum Gasteiger partial charge on any atom is 0.230 e. The van der Waals surface area contributed by atoms with Gasteiger partial charge >= 0.3 is 0 Å². The van der Waals surface area contributed by atoms with Gasteiger partial charge in [-0.25, -0.2) is 9.97 Å². The van der Waals surface area contributed by atoms with Crippen molar-refractivity contribution in [1.82, 2.24) is 14.9 Å². The number of nitrogens with one attached hydrogen (secondary N) is 2. The number of ether oxygens (including phenoxy) is 1. The zero-order chi connectivity index (χ0) is 23.2. The van der Waals surface area contributed by atoms with E-state index in [-0.39, 0.29) is 17.7 Å². The molecule has 0 radical (unpaired) electrons. The Morgan fingerprint density at radius 2 is 2.03 bits per heavy atom. The smallest absolute Gasteiger partial charge is 0.230 e. The highest BCUT2D eigenvalue weighted by molar-refractivity contribution is 6.33. The lowest BCUT2D eigenvalue weighted by molar-refractivity contribution is -0.132. The van der Waals surface area contributed by atoms with Crippen LogP contribution in [0.25, 0.3) is 11.3 Å². The van der Waals surface area contributed by atoms with Gasteiger partial charge in [-0.05, 0) is 49.8 Å². The highest BCUT2D eigenvalue weighted by Crippen LogP contribution is 2.29. The molecule has 2 aromatic rings. The minimum absolute atomic E-state index is 0.00390. The van der Waals surface area contributed by atoms with E-state index in [4.69, 9.17) is 21.3 Å². The first-order valence-electron chi connectivity index (χ1n) is 11.5. The third kappa shape index (κ3) is 6.21. The molecule has 2 amide bonds. The number of anilines is 2. The van der Waals surface area contributed by atoms with Crippen LogP contribution in [0.3, 0.4) is 0 Å². The summed E-state index contributed by atoms with van der Waals surface area (Å²) in [6, 6.07) is 7.50. The van der Waals surface area contributed by atoms with Crippen molar-refractivity contribution in [1.29, 1.82) is 0 Å². The number of amides is 2. The molecule has 2 aromatic heterocycles. The summed E-state index contributed by atoms with van der Waals surface area (Å²) < 4.78 is 5.42. The molecule has 0 unspecified atom stereocenters. The van der Waals surface area contributed by atoms with Crippen LogP contribution in [0.2, 0.25) is 5.02 Å². The fourth-order valence-electron chi connectivity index (χ4n) is 4.29. The quantitative estimate of drug-likeness (QED) is 0.664. The van der Waals surface area contributed by atoms with Gasteiger partial charge in [0.1, 0.15) is 11.6 Å². The van der Waals surface area contributed by atoms with Gasteiger partial charge in [0.2, 0.25) is 11.8 Å². The average Bonchev–Trinajstić information content (AvgIpc) is 2.85. The van der Waals surface area contributed by atoms with Gasteiger partial charge in [0.05, 0.1) is 16.6 Å². The number of halogens is 1. The summed E-state index contributed by atoms with van der Waals surface area (Å²) in [5, 5.41) is 6.77. The van der Waals surface area contributed by atoms with Gasteiger partial charge in [0.15, 0.2) is 0 Å². The van der Waals surface area contributed by atoms with E-state index >= 15 is 0 Å². The SMILES string of the molecule is CC(=O)N1CCC[C@H](C(=O)Nc2cc(-c3cccc(NCC4CCOCC4)n3)c(Cl)cn2)C1. The zero-order valence-corrected chi connectivity index (χ0v) is 19.6. The highest BCUT2D eigenvalue weighted by atomic mass is 35.5. The Balaban J connectivity index is 1.43. The lowest BCUT2D eigenvalue weighted by Gasteiger charge is -2.31. The Kier molecular flexibility index (Phi) is 7.77. The van der Waals surface area contributed by atoms with Gasteiger partial charge in [-0.2, -0.15) is 0 Å². The zero-order valence-electron chi connectivity index (χ0n) is 18.8. The molecule has 0 saturated carbocycles. The lowest BCUT2D eigenvalue weighted by Crippen LogP contribution is -2.42. The van der Waals surface area contributed by atoms with Crippen LogP contribution in [-0.2, 0) is 14.3 Å². The number of rotatable bonds is 6. The minimum atomic E-state index is -0.251. The van der Waals surface area contributed by atoms with Gasteiger partial charge in [-0.15, -0.1) is 0 Å². The van der Waals surface area contributed by atoms with Crippen LogP contribution in [0.1, 0.15) is 32.6 Å². The van der Waals surface area contributed by atoms with Crippen LogP contribution in [-0.4, -0.2) is 59.5 Å². The van der Waals surface area contributed by atoms with E-state index in [2.05, 4.69) is 15.6 Å². The number of piperidine rings is 1. The topological polar surface area (TPSA) is 96.5 Å². The number of nitrogens with zero attached hydrogens (tertiary/aromatic N) is 3. The second-order valence-electron chi connectivity index (χ2n) is 8.69. The number of pyridine rings is 2. The molecule has 2 fully saturated rings. The Morgan fingerprint density at radius 1 is 1.21 bits per heavy atom. The molecular weight excluding hydrogens is 442 g/mol. The Morgan fingerprint density at radius 3 is 2.82 bits per heavy atom. The molecule has 0 aliphatic carbocycles. The molecular formula is C24H30ClN5O3. The van der Waals surface area contributed by atoms with Crippen LogP contribution in [0.5, 0.6) is 0 Å². The molecule has 2 aliphatic heterocycles. The first-order chi connectivity index (χ1) is 16.0. The second kappa shape index (κ2) is 10.9. The largest absolute Gasteiger partial charge is 0.381 e. The summed E-state index contributed by atoms with van der Waals surface area (Å²) in [6.07, 6.45) is 5.19. The summed E-state index contributed by atoms with van der Waals surface area (Å²) in [5.41, 5.74) is 1.40. The fourth-order valence-corrected chi connectivity index (χ4v) is 4.49. The van der Waals surface area contributed by atoms with E-state index < -0.39 is 0 Å². The Bertz CT molecular complexity index is 996. The standard InChI is InChI=1S/C24H30ClN5O3/c1-16(31)30-9-3-4-18(15-30)24(32)29-23-12-19(20(25)14-27-23)21-5-2-6-22(28-21)26-13-17-7-10-33-11-8-17/h2,5-6,12,14,17-18H,3-4,7-11,13,15H2,1H3,(H,26,28)(H,27,29,32)/t18-/m0/s1. The summed E-state index contributed by atoms with van der Waals surface area (Å²) in [6.45, 7) is 5.15. The monoisotopic (exact) mass is 471 g/mol. The van der Waals surface area contributed by atoms with Crippen LogP contribution >= 0.6 is 11.6 Å². The average molecular weight is 472 g/mol. The molecule has 2 aliphatic rings. The van der Waals surface area contributed by atoms with Gasteiger partial charge in [0.25, 0.3) is 0 Å². The van der Waals surface area contributed by atoms with E-state index in [9.17, 15) is 9.59 Å². The van der Waals surface area contributed by atoms with Crippen LogP contribution in [0.4, 0.5) is 11.6 Å². The molecule has 4 heterocycles. The molecule has 4 rings (SSSR count). The lowest BCUT2D eigenvalue weighted by atomic mass is 9.97. The maximum absolute atomic E-state index is 12.8. The number of carbonyl (C=O) groups excluding carboxylic acids is 2. The molecule has 0 spiro atoms. The molecule has 9 heteroatoms. The van der Waals surface area contributed by atoms with Crippen molar-refractivity contribution in [2.45, 2.75) is 32.6 Å². The first kappa shape index (κ1) is 23.4. The molecule has 0 bridgehead atoms. The molecule has 8 nitrogen and oxygen atoms in total. The van der Waals surface area contributed by atoms with Crippen molar-refractivity contribution in [3.63, 3.8) is 0 Å². The number of hydrogen-bond donors (Lipinski definition) is 2.